The van der Waals surface area contributed by atoms with Crippen molar-refractivity contribution in [3.05, 3.63) is 34.3 Å². The molecule has 0 saturated carbocycles. The van der Waals surface area contributed by atoms with Gasteiger partial charge in [0.1, 0.15) is 0 Å². The average Bonchev–Trinajstić information content (AvgIpc) is 2.02. The minimum absolute atomic E-state index is 0.207. The van der Waals surface area contributed by atoms with Crippen LogP contribution in [0.5, 0.6) is 0 Å². The number of benzene rings is 1. The molecule has 1 aromatic rings. The van der Waals surface area contributed by atoms with Crippen molar-refractivity contribution >= 4 is 35.8 Å². The van der Waals surface area contributed by atoms with Gasteiger partial charge >= 0.3 is 0 Å². The first-order chi connectivity index (χ1) is 5.97. The van der Waals surface area contributed by atoms with Crippen LogP contribution in [0.1, 0.15) is 5.56 Å². The molecular weight excluding hydrogens is 278 g/mol. The van der Waals surface area contributed by atoms with Gasteiger partial charge in [-0.15, -0.1) is 0 Å². The third-order valence-electron chi connectivity index (χ3n) is 1.36. The van der Waals surface area contributed by atoms with Crippen LogP contribution < -0.4 is 4.72 Å². The highest BCUT2D eigenvalue weighted by Crippen LogP contribution is 2.10. The van der Waals surface area contributed by atoms with Gasteiger partial charge in [0, 0.05) is 21.7 Å². The van der Waals surface area contributed by atoms with Gasteiger partial charge in [-0.2, -0.15) is 13.1 Å². The van der Waals surface area contributed by atoms with Crippen LogP contribution in [0.15, 0.2) is 28.7 Å². The molecule has 0 heterocycles. The highest BCUT2D eigenvalue weighted by Gasteiger charge is 2.02. The van der Waals surface area contributed by atoms with E-state index in [-0.39, 0.29) is 6.54 Å². The Morgan fingerprint density at radius 3 is 2.31 bits per heavy atom. The number of halogens is 2. The van der Waals surface area contributed by atoms with Crippen molar-refractivity contribution in [1.82, 2.24) is 4.72 Å². The molecule has 0 saturated heterocycles. The van der Waals surface area contributed by atoms with Crippen molar-refractivity contribution in [2.24, 2.45) is 0 Å². The Morgan fingerprint density at radius 2 is 1.85 bits per heavy atom. The third kappa shape index (κ3) is 4.61. The summed E-state index contributed by atoms with van der Waals surface area (Å²) in [6, 6.07) is 7.27. The summed E-state index contributed by atoms with van der Waals surface area (Å²) >= 11 is 3.27. The third-order valence-corrected chi connectivity index (χ3v) is 2.71. The molecule has 0 aromatic heterocycles. The fraction of sp³-hybridized carbons (Fsp3) is 0.143. The zero-order chi connectivity index (χ0) is 9.90. The molecule has 0 aliphatic carbocycles. The normalized spacial score (nSPS) is 11.5. The first-order valence-corrected chi connectivity index (χ1v) is 6.51. The Labute approximate surface area is 89.8 Å². The van der Waals surface area contributed by atoms with Crippen LogP contribution in [0.4, 0.5) is 0 Å². The molecule has 0 radical (unpaired) electrons. The van der Waals surface area contributed by atoms with Crippen LogP contribution in [-0.2, 0) is 15.8 Å². The van der Waals surface area contributed by atoms with Gasteiger partial charge in [0.05, 0.1) is 0 Å². The van der Waals surface area contributed by atoms with Gasteiger partial charge in [-0.3, -0.25) is 0 Å². The van der Waals surface area contributed by atoms with Gasteiger partial charge in [-0.1, -0.05) is 28.1 Å². The van der Waals surface area contributed by atoms with Crippen LogP contribution in [0, 0.1) is 0 Å². The van der Waals surface area contributed by atoms with Gasteiger partial charge in [0.15, 0.2) is 0 Å². The summed E-state index contributed by atoms with van der Waals surface area (Å²) < 4.78 is 24.2. The van der Waals surface area contributed by atoms with Crippen molar-refractivity contribution in [3.8, 4) is 0 Å². The van der Waals surface area contributed by atoms with Crippen molar-refractivity contribution in [3.63, 3.8) is 0 Å². The van der Waals surface area contributed by atoms with E-state index in [2.05, 4.69) is 20.7 Å². The molecule has 0 fully saturated rings. The summed E-state index contributed by atoms with van der Waals surface area (Å²) in [5.41, 5.74) is 0.854. The second kappa shape index (κ2) is 4.41. The summed E-state index contributed by atoms with van der Waals surface area (Å²) in [4.78, 5) is 0. The fourth-order valence-electron chi connectivity index (χ4n) is 0.772. The molecule has 0 spiro atoms. The van der Waals surface area contributed by atoms with Crippen molar-refractivity contribution in [2.75, 3.05) is 0 Å². The summed E-state index contributed by atoms with van der Waals surface area (Å²) in [5.74, 6) is 0. The van der Waals surface area contributed by atoms with Crippen LogP contribution >= 0.6 is 26.6 Å². The van der Waals surface area contributed by atoms with E-state index in [1.807, 2.05) is 12.1 Å². The molecule has 6 heteroatoms. The van der Waals surface area contributed by atoms with E-state index in [9.17, 15) is 8.42 Å². The molecule has 72 valence electrons. The van der Waals surface area contributed by atoms with Crippen LogP contribution in [0.3, 0.4) is 0 Å². The summed E-state index contributed by atoms with van der Waals surface area (Å²) in [6.07, 6.45) is 0. The van der Waals surface area contributed by atoms with Crippen LogP contribution in [0.2, 0.25) is 0 Å². The SMILES string of the molecule is O=S(=O)(Cl)NCc1ccc(Br)cc1. The molecule has 0 aliphatic rings. The predicted octanol–water partition coefficient (Wildman–Crippen LogP) is 2.02. The van der Waals surface area contributed by atoms with Gasteiger partial charge in [-0.05, 0) is 17.7 Å². The van der Waals surface area contributed by atoms with E-state index in [1.165, 1.54) is 0 Å². The van der Waals surface area contributed by atoms with E-state index < -0.39 is 9.24 Å². The molecule has 13 heavy (non-hydrogen) atoms. The van der Waals surface area contributed by atoms with Crippen molar-refractivity contribution in [2.45, 2.75) is 6.54 Å². The number of hydrogen-bond acceptors (Lipinski definition) is 2. The van der Waals surface area contributed by atoms with Gasteiger partial charge in [0.25, 0.3) is 9.24 Å². The molecule has 0 amide bonds. The Balaban J connectivity index is 2.61. The van der Waals surface area contributed by atoms with Crippen LogP contribution in [-0.4, -0.2) is 8.42 Å². The molecule has 1 rings (SSSR count). The second-order valence-corrected chi connectivity index (χ2v) is 5.68. The Bertz CT molecular complexity index is 376. The molecule has 1 N–H and O–H groups in total. The van der Waals surface area contributed by atoms with Crippen molar-refractivity contribution < 1.29 is 8.42 Å². The monoisotopic (exact) mass is 283 g/mol. The van der Waals surface area contributed by atoms with E-state index >= 15 is 0 Å². The highest BCUT2D eigenvalue weighted by atomic mass is 79.9. The lowest BCUT2D eigenvalue weighted by atomic mass is 10.2. The average molecular weight is 285 g/mol. The molecule has 0 atom stereocenters. The van der Waals surface area contributed by atoms with Crippen LogP contribution in [0.25, 0.3) is 0 Å². The van der Waals surface area contributed by atoms with Gasteiger partial charge < -0.3 is 0 Å². The maximum Gasteiger partial charge on any atom is 0.297 e. The molecule has 0 bridgehead atoms. The summed E-state index contributed by atoms with van der Waals surface area (Å²) in [6.45, 7) is 0.207. The zero-order valence-corrected chi connectivity index (χ0v) is 9.66. The largest absolute Gasteiger partial charge is 0.297 e. The lowest BCUT2D eigenvalue weighted by molar-refractivity contribution is 0.596. The predicted molar refractivity (Wildman–Crippen MR) is 55.8 cm³/mol. The van der Waals surface area contributed by atoms with Crippen molar-refractivity contribution in [1.29, 1.82) is 0 Å². The first-order valence-electron chi connectivity index (χ1n) is 3.41. The van der Waals surface area contributed by atoms with E-state index in [0.29, 0.717) is 0 Å². The first kappa shape index (κ1) is 11.0. The van der Waals surface area contributed by atoms with E-state index in [1.54, 1.807) is 12.1 Å². The smallest absolute Gasteiger partial charge is 0.198 e. The Kier molecular flexibility index (Phi) is 3.73. The summed E-state index contributed by atoms with van der Waals surface area (Å²) in [7, 11) is 1.34. The number of nitrogens with one attached hydrogen (secondary N) is 1. The number of rotatable bonds is 3. The summed E-state index contributed by atoms with van der Waals surface area (Å²) in [5, 5.41) is 0. The minimum Gasteiger partial charge on any atom is -0.198 e. The van der Waals surface area contributed by atoms with Gasteiger partial charge in [0.2, 0.25) is 0 Å². The molecular formula is C7H7BrClNO2S. The Hall–Kier alpha value is -0.100. The lowest BCUT2D eigenvalue weighted by Gasteiger charge is -2.00. The maximum atomic E-state index is 10.5. The second-order valence-electron chi connectivity index (χ2n) is 2.39. The molecule has 1 aromatic carbocycles. The lowest BCUT2D eigenvalue weighted by Crippen LogP contribution is -2.17. The molecule has 3 nitrogen and oxygen atoms in total. The zero-order valence-electron chi connectivity index (χ0n) is 6.50. The van der Waals surface area contributed by atoms with Gasteiger partial charge in [-0.25, -0.2) is 0 Å². The van der Waals surface area contributed by atoms with E-state index in [0.717, 1.165) is 10.0 Å². The Morgan fingerprint density at radius 1 is 1.31 bits per heavy atom. The molecule has 0 aliphatic heterocycles. The minimum atomic E-state index is -3.62. The molecule has 0 unspecified atom stereocenters. The topological polar surface area (TPSA) is 46.2 Å². The standard InChI is InChI=1S/C7H7BrClNO2S/c8-7-3-1-6(2-4-7)5-10-13(9,11)12/h1-4,10H,5H2. The quantitative estimate of drug-likeness (QED) is 0.863. The fourth-order valence-corrected chi connectivity index (χ4v) is 1.54. The maximum absolute atomic E-state index is 10.5. The van der Waals surface area contributed by atoms with E-state index in [4.69, 9.17) is 10.7 Å². The number of hydrogen-bond donors (Lipinski definition) is 1. The highest BCUT2D eigenvalue weighted by molar-refractivity contribution is 9.10.